The quantitative estimate of drug-likeness (QED) is 0.805. The largest absolute Gasteiger partial charge is 0.496 e. The minimum Gasteiger partial charge on any atom is -0.496 e. The molecule has 0 atom stereocenters. The van der Waals surface area contributed by atoms with E-state index in [1.807, 2.05) is 12.1 Å². The zero-order chi connectivity index (χ0) is 11.3. The molecule has 0 aliphatic heterocycles. The van der Waals surface area contributed by atoms with Crippen LogP contribution in [-0.4, -0.2) is 25.9 Å². The van der Waals surface area contributed by atoms with E-state index in [-0.39, 0.29) is 6.61 Å². The molecular weight excluding hydrogens is 192 g/mol. The van der Waals surface area contributed by atoms with Crippen LogP contribution < -0.4 is 9.47 Å². The van der Waals surface area contributed by atoms with Crippen molar-refractivity contribution in [2.24, 2.45) is 0 Å². The van der Waals surface area contributed by atoms with Crippen molar-refractivity contribution in [2.45, 2.75) is 19.8 Å². The summed E-state index contributed by atoms with van der Waals surface area (Å²) in [5, 5.41) is 8.93. The summed E-state index contributed by atoms with van der Waals surface area (Å²) < 4.78 is 10.6. The van der Waals surface area contributed by atoms with Crippen LogP contribution >= 0.6 is 0 Å². The summed E-state index contributed by atoms with van der Waals surface area (Å²) in [6.45, 7) is 2.19. The van der Waals surface area contributed by atoms with Gasteiger partial charge in [-0.2, -0.15) is 0 Å². The van der Waals surface area contributed by atoms with E-state index in [1.165, 1.54) is 0 Å². The summed E-state index contributed by atoms with van der Waals surface area (Å²) in [4.78, 5) is 0. The smallest absolute Gasteiger partial charge is 0.122 e. The van der Waals surface area contributed by atoms with Gasteiger partial charge in [0.1, 0.15) is 11.5 Å². The molecule has 0 radical (unpaired) electrons. The van der Waals surface area contributed by atoms with Crippen molar-refractivity contribution in [3.63, 3.8) is 0 Å². The van der Waals surface area contributed by atoms with Crippen LogP contribution in [0.5, 0.6) is 11.5 Å². The average molecular weight is 210 g/mol. The average Bonchev–Trinajstić information content (AvgIpc) is 2.28. The molecule has 0 heterocycles. The number of hydrogen-bond donors (Lipinski definition) is 1. The summed E-state index contributed by atoms with van der Waals surface area (Å²) in [5.41, 5.74) is 2.10. The summed E-state index contributed by atoms with van der Waals surface area (Å²) in [5.74, 6) is 1.68. The number of benzene rings is 1. The minimum atomic E-state index is 0.116. The highest BCUT2D eigenvalue weighted by Crippen LogP contribution is 2.29. The first-order valence-electron chi connectivity index (χ1n) is 5.11. The predicted octanol–water partition coefficient (Wildman–Crippen LogP) is 1.80. The number of hydrogen-bond acceptors (Lipinski definition) is 3. The van der Waals surface area contributed by atoms with Gasteiger partial charge in [0.15, 0.2) is 0 Å². The molecule has 0 spiro atoms. The van der Waals surface area contributed by atoms with Crippen LogP contribution in [0.2, 0.25) is 0 Å². The second kappa shape index (κ2) is 5.61. The van der Waals surface area contributed by atoms with Crippen LogP contribution in [0, 0.1) is 0 Å². The maximum absolute atomic E-state index is 8.93. The molecule has 0 saturated heterocycles. The first-order chi connectivity index (χ1) is 7.26. The molecule has 1 aromatic carbocycles. The fraction of sp³-hybridized carbons (Fsp3) is 0.500. The summed E-state index contributed by atoms with van der Waals surface area (Å²) >= 11 is 0. The van der Waals surface area contributed by atoms with Gasteiger partial charge in [-0.1, -0.05) is 6.92 Å². The normalized spacial score (nSPS) is 10.1. The van der Waals surface area contributed by atoms with Gasteiger partial charge in [-0.3, -0.25) is 0 Å². The maximum atomic E-state index is 8.93. The molecule has 0 saturated carbocycles. The lowest BCUT2D eigenvalue weighted by Crippen LogP contribution is -1.99. The van der Waals surface area contributed by atoms with Gasteiger partial charge in [-0.05, 0) is 30.5 Å². The molecular formula is C12H18O3. The number of ether oxygens (including phenoxy) is 2. The van der Waals surface area contributed by atoms with Crippen molar-refractivity contribution in [3.05, 3.63) is 23.3 Å². The molecule has 1 aromatic rings. The third-order valence-electron chi connectivity index (χ3n) is 2.45. The van der Waals surface area contributed by atoms with Gasteiger partial charge < -0.3 is 14.6 Å². The lowest BCUT2D eigenvalue weighted by atomic mass is 10.0. The fourth-order valence-corrected chi connectivity index (χ4v) is 1.62. The third kappa shape index (κ3) is 2.63. The van der Waals surface area contributed by atoms with Crippen LogP contribution in [0.15, 0.2) is 12.1 Å². The number of rotatable bonds is 5. The van der Waals surface area contributed by atoms with Gasteiger partial charge in [0.05, 0.1) is 14.2 Å². The SMILES string of the molecule is CCc1cc(OC)c(CCO)cc1OC. The van der Waals surface area contributed by atoms with E-state index in [0.29, 0.717) is 6.42 Å². The van der Waals surface area contributed by atoms with Gasteiger partial charge in [-0.15, -0.1) is 0 Å². The van der Waals surface area contributed by atoms with E-state index in [0.717, 1.165) is 29.0 Å². The molecule has 15 heavy (non-hydrogen) atoms. The molecule has 0 unspecified atom stereocenters. The van der Waals surface area contributed by atoms with Gasteiger partial charge in [0, 0.05) is 12.2 Å². The van der Waals surface area contributed by atoms with E-state index < -0.39 is 0 Å². The Balaban J connectivity index is 3.15. The Hall–Kier alpha value is -1.22. The van der Waals surface area contributed by atoms with Gasteiger partial charge in [-0.25, -0.2) is 0 Å². The molecule has 1 N–H and O–H groups in total. The van der Waals surface area contributed by atoms with Crippen LogP contribution in [0.3, 0.4) is 0 Å². The van der Waals surface area contributed by atoms with E-state index in [1.54, 1.807) is 14.2 Å². The lowest BCUT2D eigenvalue weighted by molar-refractivity contribution is 0.296. The molecule has 3 heteroatoms. The highest BCUT2D eigenvalue weighted by Gasteiger charge is 2.09. The molecule has 3 nitrogen and oxygen atoms in total. The molecule has 0 aromatic heterocycles. The highest BCUT2D eigenvalue weighted by atomic mass is 16.5. The molecule has 0 aliphatic rings. The zero-order valence-corrected chi connectivity index (χ0v) is 9.54. The second-order valence-corrected chi connectivity index (χ2v) is 3.30. The summed E-state index contributed by atoms with van der Waals surface area (Å²) in [7, 11) is 3.30. The van der Waals surface area contributed by atoms with Crippen LogP contribution in [0.1, 0.15) is 18.1 Å². The summed E-state index contributed by atoms with van der Waals surface area (Å²) in [6.07, 6.45) is 1.49. The minimum absolute atomic E-state index is 0.116. The summed E-state index contributed by atoms with van der Waals surface area (Å²) in [6, 6.07) is 3.91. The van der Waals surface area contributed by atoms with Crippen molar-refractivity contribution in [2.75, 3.05) is 20.8 Å². The standard InChI is InChI=1S/C12H18O3/c1-4-9-7-12(15-3)10(5-6-13)8-11(9)14-2/h7-8,13H,4-6H2,1-3H3. The van der Waals surface area contributed by atoms with E-state index in [4.69, 9.17) is 14.6 Å². The van der Waals surface area contributed by atoms with Crippen molar-refractivity contribution in [1.29, 1.82) is 0 Å². The number of aliphatic hydroxyl groups is 1. The number of methoxy groups -OCH3 is 2. The van der Waals surface area contributed by atoms with Crippen molar-refractivity contribution < 1.29 is 14.6 Å². The van der Waals surface area contributed by atoms with Crippen molar-refractivity contribution >= 4 is 0 Å². The number of aliphatic hydroxyl groups excluding tert-OH is 1. The monoisotopic (exact) mass is 210 g/mol. The van der Waals surface area contributed by atoms with E-state index >= 15 is 0 Å². The molecule has 0 fully saturated rings. The first kappa shape index (κ1) is 11.9. The molecule has 0 bridgehead atoms. The molecule has 84 valence electrons. The first-order valence-corrected chi connectivity index (χ1v) is 5.11. The number of aryl methyl sites for hydroxylation is 1. The predicted molar refractivity (Wildman–Crippen MR) is 59.7 cm³/mol. The Morgan fingerprint density at radius 2 is 1.60 bits per heavy atom. The van der Waals surface area contributed by atoms with Crippen LogP contribution in [0.25, 0.3) is 0 Å². The van der Waals surface area contributed by atoms with Crippen molar-refractivity contribution in [1.82, 2.24) is 0 Å². The van der Waals surface area contributed by atoms with Crippen LogP contribution in [0.4, 0.5) is 0 Å². The van der Waals surface area contributed by atoms with E-state index in [2.05, 4.69) is 6.92 Å². The molecule has 0 aliphatic carbocycles. The fourth-order valence-electron chi connectivity index (χ4n) is 1.62. The van der Waals surface area contributed by atoms with Crippen LogP contribution in [-0.2, 0) is 12.8 Å². The Labute approximate surface area is 90.6 Å². The maximum Gasteiger partial charge on any atom is 0.122 e. The lowest BCUT2D eigenvalue weighted by Gasteiger charge is -2.13. The highest BCUT2D eigenvalue weighted by molar-refractivity contribution is 5.46. The molecule has 1 rings (SSSR count). The Morgan fingerprint density at radius 3 is 2.07 bits per heavy atom. The third-order valence-corrected chi connectivity index (χ3v) is 2.45. The van der Waals surface area contributed by atoms with Gasteiger partial charge in [0.25, 0.3) is 0 Å². The Kier molecular flexibility index (Phi) is 4.43. The Morgan fingerprint density at radius 1 is 1.07 bits per heavy atom. The second-order valence-electron chi connectivity index (χ2n) is 3.30. The Bertz CT molecular complexity index is 321. The molecule has 0 amide bonds. The van der Waals surface area contributed by atoms with Crippen molar-refractivity contribution in [3.8, 4) is 11.5 Å². The topological polar surface area (TPSA) is 38.7 Å². The zero-order valence-electron chi connectivity index (χ0n) is 9.54. The van der Waals surface area contributed by atoms with Gasteiger partial charge >= 0.3 is 0 Å². The van der Waals surface area contributed by atoms with Gasteiger partial charge in [0.2, 0.25) is 0 Å². The van der Waals surface area contributed by atoms with E-state index in [9.17, 15) is 0 Å².